The smallest absolute Gasteiger partial charge is 0.125 e. The van der Waals surface area contributed by atoms with Crippen molar-refractivity contribution < 1.29 is 9.47 Å². The molecule has 0 saturated carbocycles. The first-order chi connectivity index (χ1) is 8.74. The summed E-state index contributed by atoms with van der Waals surface area (Å²) in [6.07, 6.45) is 3.40. The van der Waals surface area contributed by atoms with E-state index in [0.717, 1.165) is 41.8 Å². The lowest BCUT2D eigenvalue weighted by Crippen LogP contribution is -2.38. The molecule has 0 aromatic heterocycles. The second kappa shape index (κ2) is 5.19. The minimum absolute atomic E-state index is 0.0776. The molecule has 18 heavy (non-hydrogen) atoms. The van der Waals surface area contributed by atoms with Gasteiger partial charge in [0.05, 0.1) is 6.61 Å². The molecule has 0 radical (unpaired) electrons. The van der Waals surface area contributed by atoms with Gasteiger partial charge in [-0.3, -0.25) is 0 Å². The van der Waals surface area contributed by atoms with E-state index in [2.05, 4.69) is 22.0 Å². The Hall–Kier alpha value is -0.580. The molecule has 1 aromatic rings. The Morgan fingerprint density at radius 1 is 1.33 bits per heavy atom. The van der Waals surface area contributed by atoms with Crippen LogP contribution in [-0.4, -0.2) is 19.3 Å². The normalized spacial score (nSPS) is 31.6. The van der Waals surface area contributed by atoms with Gasteiger partial charge < -0.3 is 15.2 Å². The van der Waals surface area contributed by atoms with Gasteiger partial charge in [0.1, 0.15) is 11.9 Å². The highest BCUT2D eigenvalue weighted by Crippen LogP contribution is 2.38. The average Bonchev–Trinajstić information content (AvgIpc) is 2.39. The molecule has 2 heterocycles. The van der Waals surface area contributed by atoms with E-state index in [4.69, 9.17) is 15.2 Å². The summed E-state index contributed by atoms with van der Waals surface area (Å²) in [4.78, 5) is 0. The number of hydrogen-bond acceptors (Lipinski definition) is 3. The van der Waals surface area contributed by atoms with Gasteiger partial charge >= 0.3 is 0 Å². The molecule has 1 fully saturated rings. The van der Waals surface area contributed by atoms with Gasteiger partial charge in [-0.05, 0) is 25.0 Å². The van der Waals surface area contributed by atoms with Crippen molar-refractivity contribution in [1.29, 1.82) is 0 Å². The maximum absolute atomic E-state index is 6.26. The number of nitrogens with two attached hydrogens (primary N) is 1. The number of ether oxygens (including phenoxy) is 2. The van der Waals surface area contributed by atoms with Crippen molar-refractivity contribution >= 4 is 15.9 Å². The van der Waals surface area contributed by atoms with Crippen LogP contribution in [0.25, 0.3) is 0 Å². The molecule has 2 N–H and O–H groups in total. The Morgan fingerprint density at radius 2 is 2.22 bits per heavy atom. The Balaban J connectivity index is 1.81. The largest absolute Gasteiger partial charge is 0.490 e. The standard InChI is InChI=1S/C14H18BrNO2/c15-10-3-4-11-12(16)7-13(18-14(11)6-10)9-2-1-5-17-8-9/h3-4,6,9,12-13H,1-2,5,7-8,16H2. The third-order valence-electron chi connectivity index (χ3n) is 3.86. The van der Waals surface area contributed by atoms with Gasteiger partial charge in [0.2, 0.25) is 0 Å². The second-order valence-corrected chi connectivity index (χ2v) is 6.07. The van der Waals surface area contributed by atoms with E-state index in [1.54, 1.807) is 0 Å². The Morgan fingerprint density at radius 3 is 3.00 bits per heavy atom. The maximum Gasteiger partial charge on any atom is 0.125 e. The van der Waals surface area contributed by atoms with E-state index in [0.29, 0.717) is 5.92 Å². The lowest BCUT2D eigenvalue weighted by atomic mass is 9.87. The molecule has 3 nitrogen and oxygen atoms in total. The predicted molar refractivity (Wildman–Crippen MR) is 73.6 cm³/mol. The van der Waals surface area contributed by atoms with Crippen molar-refractivity contribution in [2.24, 2.45) is 11.7 Å². The van der Waals surface area contributed by atoms with Gasteiger partial charge in [0, 0.05) is 35.0 Å². The van der Waals surface area contributed by atoms with Crippen LogP contribution in [0.5, 0.6) is 5.75 Å². The molecule has 2 aliphatic heterocycles. The quantitative estimate of drug-likeness (QED) is 0.867. The third kappa shape index (κ3) is 2.42. The predicted octanol–water partition coefficient (Wildman–Crippen LogP) is 3.03. The third-order valence-corrected chi connectivity index (χ3v) is 4.35. The first kappa shape index (κ1) is 12.5. The second-order valence-electron chi connectivity index (χ2n) is 5.16. The number of fused-ring (bicyclic) bond motifs is 1. The Kier molecular flexibility index (Phi) is 3.59. The summed E-state index contributed by atoms with van der Waals surface area (Å²) in [6, 6.07) is 6.17. The lowest BCUT2D eigenvalue weighted by molar-refractivity contribution is -0.00925. The molecule has 3 unspecified atom stereocenters. The van der Waals surface area contributed by atoms with Crippen LogP contribution >= 0.6 is 15.9 Å². The number of rotatable bonds is 1. The van der Waals surface area contributed by atoms with Crippen molar-refractivity contribution in [1.82, 2.24) is 0 Å². The first-order valence-corrected chi connectivity index (χ1v) is 7.33. The highest BCUT2D eigenvalue weighted by atomic mass is 79.9. The fraction of sp³-hybridized carbons (Fsp3) is 0.571. The van der Waals surface area contributed by atoms with Crippen LogP contribution in [0.2, 0.25) is 0 Å². The van der Waals surface area contributed by atoms with Crippen molar-refractivity contribution in [2.45, 2.75) is 31.4 Å². The fourth-order valence-electron chi connectivity index (χ4n) is 2.85. The molecule has 3 rings (SSSR count). The molecular weight excluding hydrogens is 294 g/mol. The molecule has 4 heteroatoms. The van der Waals surface area contributed by atoms with Gasteiger partial charge in [0.15, 0.2) is 0 Å². The molecule has 0 bridgehead atoms. The molecule has 1 saturated heterocycles. The van der Waals surface area contributed by atoms with Crippen LogP contribution in [0.4, 0.5) is 0 Å². The number of hydrogen-bond donors (Lipinski definition) is 1. The van der Waals surface area contributed by atoms with Crippen molar-refractivity contribution in [3.63, 3.8) is 0 Å². The van der Waals surface area contributed by atoms with Gasteiger partial charge in [-0.15, -0.1) is 0 Å². The summed E-state index contributed by atoms with van der Waals surface area (Å²) in [5.74, 6) is 1.41. The van der Waals surface area contributed by atoms with Gasteiger partial charge in [-0.25, -0.2) is 0 Å². The van der Waals surface area contributed by atoms with E-state index >= 15 is 0 Å². The van der Waals surface area contributed by atoms with E-state index in [1.807, 2.05) is 12.1 Å². The zero-order valence-electron chi connectivity index (χ0n) is 10.3. The van der Waals surface area contributed by atoms with Crippen LogP contribution in [0.1, 0.15) is 30.9 Å². The van der Waals surface area contributed by atoms with E-state index in [9.17, 15) is 0 Å². The molecule has 3 atom stereocenters. The highest BCUT2D eigenvalue weighted by Gasteiger charge is 2.32. The molecule has 1 aromatic carbocycles. The molecule has 98 valence electrons. The summed E-state index contributed by atoms with van der Waals surface area (Å²) in [7, 11) is 0. The number of halogens is 1. The van der Waals surface area contributed by atoms with E-state index < -0.39 is 0 Å². The zero-order chi connectivity index (χ0) is 12.5. The van der Waals surface area contributed by atoms with Crippen LogP contribution < -0.4 is 10.5 Å². The first-order valence-electron chi connectivity index (χ1n) is 6.53. The molecular formula is C14H18BrNO2. The van der Waals surface area contributed by atoms with Gasteiger partial charge in [0.25, 0.3) is 0 Å². The van der Waals surface area contributed by atoms with Crippen molar-refractivity contribution in [2.75, 3.05) is 13.2 Å². The summed E-state index contributed by atoms with van der Waals surface area (Å²) in [6.45, 7) is 1.69. The van der Waals surface area contributed by atoms with Crippen LogP contribution in [0, 0.1) is 5.92 Å². The summed E-state index contributed by atoms with van der Waals surface area (Å²) < 4.78 is 12.7. The summed E-state index contributed by atoms with van der Waals surface area (Å²) in [5.41, 5.74) is 7.37. The van der Waals surface area contributed by atoms with Crippen molar-refractivity contribution in [3.8, 4) is 5.75 Å². The van der Waals surface area contributed by atoms with Crippen molar-refractivity contribution in [3.05, 3.63) is 28.2 Å². The SMILES string of the molecule is NC1CC(C2CCCOC2)Oc2cc(Br)ccc21. The molecule has 0 amide bonds. The van der Waals surface area contributed by atoms with Gasteiger partial charge in [-0.2, -0.15) is 0 Å². The topological polar surface area (TPSA) is 44.5 Å². The van der Waals surface area contributed by atoms with Crippen LogP contribution in [0.3, 0.4) is 0 Å². The van der Waals surface area contributed by atoms with E-state index in [1.165, 1.54) is 6.42 Å². The molecule has 2 aliphatic rings. The number of benzene rings is 1. The van der Waals surface area contributed by atoms with Crippen LogP contribution in [0.15, 0.2) is 22.7 Å². The monoisotopic (exact) mass is 311 g/mol. The summed E-state index contributed by atoms with van der Waals surface area (Å²) in [5, 5.41) is 0. The highest BCUT2D eigenvalue weighted by molar-refractivity contribution is 9.10. The minimum atomic E-state index is 0.0776. The molecule has 0 aliphatic carbocycles. The maximum atomic E-state index is 6.26. The zero-order valence-corrected chi connectivity index (χ0v) is 11.9. The Labute approximate surface area is 116 Å². The Bertz CT molecular complexity index is 432. The van der Waals surface area contributed by atoms with Crippen LogP contribution in [-0.2, 0) is 4.74 Å². The average molecular weight is 312 g/mol. The molecule has 0 spiro atoms. The van der Waals surface area contributed by atoms with E-state index in [-0.39, 0.29) is 12.1 Å². The fourth-order valence-corrected chi connectivity index (χ4v) is 3.19. The lowest BCUT2D eigenvalue weighted by Gasteiger charge is -2.36. The minimum Gasteiger partial charge on any atom is -0.490 e. The summed E-state index contributed by atoms with van der Waals surface area (Å²) >= 11 is 3.48. The van der Waals surface area contributed by atoms with Gasteiger partial charge in [-0.1, -0.05) is 22.0 Å².